The summed E-state index contributed by atoms with van der Waals surface area (Å²) in [6.45, 7) is 4.82. The Morgan fingerprint density at radius 1 is 0.662 bits per heavy atom. The molecule has 5 aromatic carbocycles. The molecule has 0 spiro atoms. The molecule has 0 unspecified atom stereocenters. The lowest BCUT2D eigenvalue weighted by Crippen LogP contribution is -2.60. The molecule has 0 saturated carbocycles. The summed E-state index contributed by atoms with van der Waals surface area (Å²) < 4.78 is 23.7. The van der Waals surface area contributed by atoms with E-state index >= 15 is 0 Å². The van der Waals surface area contributed by atoms with Gasteiger partial charge in [0.05, 0.1) is 24.6 Å². The molecule has 2 saturated heterocycles. The lowest BCUT2D eigenvalue weighted by atomic mass is 9.92. The number of benzene rings is 5. The lowest BCUT2D eigenvalue weighted by molar-refractivity contribution is -0.277. The maximum Gasteiger partial charge on any atom is 0.251 e. The molecule has 2 fully saturated rings. The summed E-state index contributed by atoms with van der Waals surface area (Å²) in [5.41, 5.74) is 4.23. The second kappa shape index (κ2) is 22.1. The first kappa shape index (κ1) is 52.8. The van der Waals surface area contributed by atoms with Crippen LogP contribution in [0.15, 0.2) is 91.0 Å². The maximum absolute atomic E-state index is 14.3. The number of ether oxygens (including phenoxy) is 4. The molecule has 12 atom stereocenters. The van der Waals surface area contributed by atoms with E-state index in [2.05, 4.69) is 5.32 Å². The van der Waals surface area contributed by atoms with Crippen LogP contribution in [0.1, 0.15) is 61.3 Å². The molecule has 0 aromatic heterocycles. The minimum Gasteiger partial charge on any atom is -0.461 e. The highest BCUT2D eigenvalue weighted by Gasteiger charge is 2.47. The van der Waals surface area contributed by atoms with Crippen molar-refractivity contribution in [3.63, 3.8) is 0 Å². The zero-order valence-corrected chi connectivity index (χ0v) is 41.5. The van der Waals surface area contributed by atoms with Crippen molar-refractivity contribution in [3.8, 4) is 11.5 Å². The van der Waals surface area contributed by atoms with Crippen LogP contribution in [0, 0.1) is 5.92 Å². The van der Waals surface area contributed by atoms with Crippen LogP contribution in [0.2, 0.25) is 0 Å². The topological polar surface area (TPSA) is 268 Å². The van der Waals surface area contributed by atoms with Gasteiger partial charge in [-0.3, -0.25) is 14.4 Å². The molecule has 4 aliphatic heterocycles. The number of rotatable bonds is 14. The highest BCUT2D eigenvalue weighted by atomic mass is 35.5. The molecule has 19 heteroatoms. The Kier molecular flexibility index (Phi) is 15.8. The summed E-state index contributed by atoms with van der Waals surface area (Å²) in [6.07, 6.45) is -8.42. The first-order chi connectivity index (χ1) is 35.6. The van der Waals surface area contributed by atoms with Gasteiger partial charge in [0.1, 0.15) is 60.3 Å². The molecular weight excluding hydrogens is 978 g/mol. The Balaban J connectivity index is 0.986. The second-order valence-electron chi connectivity index (χ2n) is 19.3. The summed E-state index contributed by atoms with van der Waals surface area (Å²) in [7, 11) is 0. The van der Waals surface area contributed by atoms with Gasteiger partial charge in [0.15, 0.2) is 0 Å². The average Bonchev–Trinajstić information content (AvgIpc) is 3.99. The number of anilines is 3. The number of alkyl halides is 1. The number of carbonyl (C=O) groups excluding carboxylic acids is 3. The van der Waals surface area contributed by atoms with Gasteiger partial charge in [-0.2, -0.15) is 0 Å². The zero-order chi connectivity index (χ0) is 52.7. The smallest absolute Gasteiger partial charge is 0.251 e. The summed E-state index contributed by atoms with van der Waals surface area (Å²) in [4.78, 5) is 45.0. The molecule has 0 bridgehead atoms. The number of aliphatic hydroxyl groups is 8. The normalized spacial score (nSPS) is 27.9. The van der Waals surface area contributed by atoms with Crippen LogP contribution in [-0.4, -0.2) is 152 Å². The van der Waals surface area contributed by atoms with Crippen LogP contribution >= 0.6 is 11.6 Å². The van der Waals surface area contributed by atoms with E-state index in [0.717, 1.165) is 21.9 Å². The van der Waals surface area contributed by atoms with Gasteiger partial charge in [0.2, 0.25) is 18.5 Å². The Morgan fingerprint density at radius 2 is 1.14 bits per heavy atom. The highest BCUT2D eigenvalue weighted by molar-refractivity contribution is 6.19. The first-order valence-electron chi connectivity index (χ1n) is 24.6. The Bertz CT molecular complexity index is 2980. The highest BCUT2D eigenvalue weighted by Crippen LogP contribution is 2.48. The van der Waals surface area contributed by atoms with Crippen molar-refractivity contribution in [1.29, 1.82) is 0 Å². The van der Waals surface area contributed by atoms with E-state index in [1.807, 2.05) is 43.3 Å². The molecule has 0 aliphatic carbocycles. The number of nitrogens with zero attached hydrogens (tertiary/aromatic N) is 2. The number of nitrogens with one attached hydrogen (secondary N) is 1. The van der Waals surface area contributed by atoms with Gasteiger partial charge in [-0.25, -0.2) is 0 Å². The number of amides is 3. The fourth-order valence-corrected chi connectivity index (χ4v) is 10.4. The summed E-state index contributed by atoms with van der Waals surface area (Å²) in [5, 5.41) is 88.7. The molecular formula is C55H60ClN3O15. The molecule has 5 aromatic rings. The predicted molar refractivity (Wildman–Crippen MR) is 276 cm³/mol. The maximum atomic E-state index is 14.3. The van der Waals surface area contributed by atoms with E-state index in [1.165, 1.54) is 12.2 Å². The summed E-state index contributed by atoms with van der Waals surface area (Å²) in [6, 6.07) is 23.2. The first-order valence-corrected chi connectivity index (χ1v) is 25.2. The largest absolute Gasteiger partial charge is 0.461 e. The van der Waals surface area contributed by atoms with Crippen LogP contribution in [0.4, 0.5) is 17.1 Å². The molecule has 3 amide bonds. The van der Waals surface area contributed by atoms with Crippen molar-refractivity contribution in [1.82, 2.24) is 0 Å². The molecule has 9 N–H and O–H groups in total. The van der Waals surface area contributed by atoms with Gasteiger partial charge in [-0.1, -0.05) is 81.4 Å². The minimum absolute atomic E-state index is 0.0515. The van der Waals surface area contributed by atoms with Crippen LogP contribution in [0.3, 0.4) is 0 Å². The SMILES string of the molecule is CC[C@@H]1CN(C(=O)/C=C/c2ccc(/C=C/C(=O)N3C[C@@H](CCl)c4c3cc(O[C@@H]3O[C@H](CO)[C@H](O)[C@H](O)[C@H]3O)c3ccccc43)cc2NC(=O)C(C)C)c2cc(O[C@@H]3O[C@H](CO)[C@H](O)[C@H](O)[C@H]3O)c3ccccc3c21. The van der Waals surface area contributed by atoms with E-state index < -0.39 is 86.5 Å². The number of hydrogen-bond acceptors (Lipinski definition) is 15. The number of hydrogen-bond donors (Lipinski definition) is 9. The number of carbonyl (C=O) groups is 3. The van der Waals surface area contributed by atoms with E-state index in [1.54, 1.807) is 78.3 Å². The third kappa shape index (κ3) is 10.00. The van der Waals surface area contributed by atoms with E-state index in [-0.39, 0.29) is 47.6 Å². The van der Waals surface area contributed by atoms with Gasteiger partial charge in [-0.15, -0.1) is 11.6 Å². The minimum atomic E-state index is -1.67. The molecule has 0 radical (unpaired) electrons. The summed E-state index contributed by atoms with van der Waals surface area (Å²) in [5.74, 6) is -1.12. The average molecular weight is 1040 g/mol. The standard InChI is InChI=1S/C55H60ClN3O15/c1-4-29-23-58(37-20-39(32-9-5-7-11-34(32)45(29)37)71-54-51(68)49(66)47(64)41(25-60)73-54)44(63)18-16-30-15-13-28(19-36(30)57-53(70)27(2)3)14-17-43(62)59-24-31(22-56)46-35-12-8-6-10-33(35)40(21-38(46)59)72-55-52(69)50(67)48(65)42(26-61)74-55/h5-21,27,29,31,41-42,47-52,54-55,60-61,64-69H,4,22-26H2,1-3H3,(H,57,70)/b17-14+,18-16+/t29-,31-,41-,42-,47+,48+,49+,50+,51-,52-,54-,55-/m1/s1. The molecule has 74 heavy (non-hydrogen) atoms. The van der Waals surface area contributed by atoms with E-state index in [0.29, 0.717) is 51.9 Å². The Labute approximate surface area is 431 Å². The number of halogens is 1. The van der Waals surface area contributed by atoms with Crippen molar-refractivity contribution in [3.05, 3.63) is 113 Å². The quantitative estimate of drug-likeness (QED) is 0.0565. The van der Waals surface area contributed by atoms with Crippen LogP contribution in [-0.2, 0) is 23.9 Å². The van der Waals surface area contributed by atoms with Gasteiger partial charge < -0.3 is 74.9 Å². The van der Waals surface area contributed by atoms with Crippen molar-refractivity contribution in [2.45, 2.75) is 100 Å². The summed E-state index contributed by atoms with van der Waals surface area (Å²) >= 11 is 6.53. The van der Waals surface area contributed by atoms with Crippen LogP contribution < -0.4 is 24.6 Å². The van der Waals surface area contributed by atoms with E-state index in [4.69, 9.17) is 30.5 Å². The number of fused-ring (bicyclic) bond motifs is 6. The fourth-order valence-electron chi connectivity index (χ4n) is 10.2. The third-order valence-corrected chi connectivity index (χ3v) is 14.7. The van der Waals surface area contributed by atoms with Crippen molar-refractivity contribution >= 4 is 80.1 Å². The van der Waals surface area contributed by atoms with E-state index in [9.17, 15) is 55.2 Å². The third-order valence-electron chi connectivity index (χ3n) is 14.3. The molecule has 4 aliphatic rings. The van der Waals surface area contributed by atoms with Gasteiger partial charge in [0.25, 0.3) is 11.8 Å². The lowest BCUT2D eigenvalue weighted by Gasteiger charge is -2.39. The van der Waals surface area contributed by atoms with Gasteiger partial charge in [-0.05, 0) is 57.7 Å². The Hall–Kier alpha value is -6.00. The molecule has 4 heterocycles. The zero-order valence-electron chi connectivity index (χ0n) is 40.8. The van der Waals surface area contributed by atoms with Crippen molar-refractivity contribution in [2.24, 2.45) is 5.92 Å². The predicted octanol–water partition coefficient (Wildman–Crippen LogP) is 3.88. The monoisotopic (exact) mass is 1040 g/mol. The molecule has 18 nitrogen and oxygen atoms in total. The molecule has 9 rings (SSSR count). The van der Waals surface area contributed by atoms with Crippen molar-refractivity contribution in [2.75, 3.05) is 47.3 Å². The second-order valence-corrected chi connectivity index (χ2v) is 19.7. The molecule has 392 valence electrons. The van der Waals surface area contributed by atoms with Gasteiger partial charge >= 0.3 is 0 Å². The number of aliphatic hydroxyl groups excluding tert-OH is 8. The van der Waals surface area contributed by atoms with Crippen molar-refractivity contribution < 1.29 is 74.2 Å². The van der Waals surface area contributed by atoms with Crippen LogP contribution in [0.5, 0.6) is 11.5 Å². The van der Waals surface area contributed by atoms with Crippen LogP contribution in [0.25, 0.3) is 33.7 Å². The Morgan fingerprint density at radius 3 is 1.61 bits per heavy atom. The fraction of sp³-hybridized carbons (Fsp3) is 0.400. The van der Waals surface area contributed by atoms with Gasteiger partial charge in [0, 0.05) is 77.5 Å².